The molecule has 0 unspecified atom stereocenters. The molecule has 1 heterocycles. The average Bonchev–Trinajstić information content (AvgIpc) is 2.69. The van der Waals surface area contributed by atoms with E-state index in [0.717, 1.165) is 21.8 Å². The lowest BCUT2D eigenvalue weighted by molar-refractivity contribution is -0.305. The Labute approximate surface area is 127 Å². The van der Waals surface area contributed by atoms with Gasteiger partial charge in [0.1, 0.15) is 0 Å². The number of carboxylic acids is 1. The number of thioether (sulfide) groups is 1. The highest BCUT2D eigenvalue weighted by atomic mass is 79.9. The molecule has 0 radical (unpaired) electrons. The number of amides is 1. The third-order valence-electron chi connectivity index (χ3n) is 2.33. The van der Waals surface area contributed by atoms with E-state index in [1.807, 2.05) is 24.3 Å². The van der Waals surface area contributed by atoms with E-state index in [2.05, 4.69) is 31.4 Å². The van der Waals surface area contributed by atoms with Gasteiger partial charge in [0.2, 0.25) is 5.91 Å². The Kier molecular flexibility index (Phi) is 4.91. The first-order chi connectivity index (χ1) is 9.54. The van der Waals surface area contributed by atoms with Gasteiger partial charge in [-0.2, -0.15) is 5.10 Å². The predicted molar refractivity (Wildman–Crippen MR) is 78.3 cm³/mol. The van der Waals surface area contributed by atoms with Gasteiger partial charge in [0.05, 0.1) is 11.5 Å². The summed E-state index contributed by atoms with van der Waals surface area (Å²) in [6.45, 7) is 0. The fraction of sp³-hybridized carbons (Fsp3) is 0.167. The molecule has 6 nitrogen and oxygen atoms in total. The van der Waals surface area contributed by atoms with Crippen molar-refractivity contribution >= 4 is 51.0 Å². The summed E-state index contributed by atoms with van der Waals surface area (Å²) in [6.07, 6.45) is 1.20. The molecule has 1 aliphatic heterocycles. The highest BCUT2D eigenvalue weighted by Gasteiger charge is 2.30. The quantitative estimate of drug-likeness (QED) is 0.629. The Bertz CT molecular complexity index is 603. The van der Waals surface area contributed by atoms with Crippen LogP contribution in [0.4, 0.5) is 0 Å². The van der Waals surface area contributed by atoms with E-state index in [1.54, 1.807) is 0 Å². The summed E-state index contributed by atoms with van der Waals surface area (Å²) >= 11 is 4.37. The van der Waals surface area contributed by atoms with Gasteiger partial charge in [-0.25, -0.2) is 0 Å². The summed E-state index contributed by atoms with van der Waals surface area (Å²) in [7, 11) is 0. The number of amidine groups is 1. The number of halogens is 1. The zero-order valence-corrected chi connectivity index (χ0v) is 12.5. The van der Waals surface area contributed by atoms with E-state index in [4.69, 9.17) is 0 Å². The van der Waals surface area contributed by atoms with E-state index in [1.165, 1.54) is 6.21 Å². The third kappa shape index (κ3) is 4.17. The topological polar surface area (TPSA) is 93.9 Å². The molecule has 0 aromatic heterocycles. The van der Waals surface area contributed by atoms with Crippen LogP contribution in [0.2, 0.25) is 0 Å². The minimum Gasteiger partial charge on any atom is -0.550 e. The van der Waals surface area contributed by atoms with E-state index < -0.39 is 17.1 Å². The highest BCUT2D eigenvalue weighted by molar-refractivity contribution is 9.10. The van der Waals surface area contributed by atoms with Crippen LogP contribution in [0.15, 0.2) is 38.9 Å². The molecule has 2 rings (SSSR count). The normalized spacial score (nSPS) is 20.6. The summed E-state index contributed by atoms with van der Waals surface area (Å²) in [5.74, 6) is -1.66. The van der Waals surface area contributed by atoms with Gasteiger partial charge >= 0.3 is 0 Å². The number of carboxylic acid groups (broad SMARTS) is 1. The Balaban J connectivity index is 1.99. The zero-order valence-electron chi connectivity index (χ0n) is 10.1. The number of rotatable bonds is 4. The Morgan fingerprint density at radius 1 is 1.55 bits per heavy atom. The van der Waals surface area contributed by atoms with E-state index in [0.29, 0.717) is 0 Å². The number of hydrogen-bond acceptors (Lipinski definition) is 6. The van der Waals surface area contributed by atoms with Crippen LogP contribution in [0.3, 0.4) is 0 Å². The van der Waals surface area contributed by atoms with Gasteiger partial charge in [-0.05, 0) is 17.7 Å². The van der Waals surface area contributed by atoms with Crippen molar-refractivity contribution in [3.8, 4) is 0 Å². The molecule has 1 aliphatic rings. The molecule has 1 fully saturated rings. The largest absolute Gasteiger partial charge is 0.550 e. The van der Waals surface area contributed by atoms with Gasteiger partial charge in [0.25, 0.3) is 0 Å². The third-order valence-corrected chi connectivity index (χ3v) is 3.90. The molecule has 1 N–H and O–H groups in total. The first-order valence-corrected chi connectivity index (χ1v) is 7.26. The van der Waals surface area contributed by atoms with Crippen molar-refractivity contribution < 1.29 is 14.7 Å². The molecule has 0 saturated carbocycles. The van der Waals surface area contributed by atoms with Crippen LogP contribution in [-0.4, -0.2) is 28.5 Å². The second-order valence-electron chi connectivity index (χ2n) is 3.88. The molecule has 1 atom stereocenters. The molecule has 104 valence electrons. The van der Waals surface area contributed by atoms with Crippen LogP contribution in [0.5, 0.6) is 0 Å². The van der Waals surface area contributed by atoms with Crippen LogP contribution in [0.25, 0.3) is 0 Å². The SMILES string of the molecule is O=C([O-])C[C@@H]1S/C(=N/N=C\c2cccc(Br)c2)NC1=O. The molecule has 20 heavy (non-hydrogen) atoms. The van der Waals surface area contributed by atoms with Crippen molar-refractivity contribution in [3.63, 3.8) is 0 Å². The van der Waals surface area contributed by atoms with Gasteiger partial charge < -0.3 is 15.2 Å². The number of benzene rings is 1. The van der Waals surface area contributed by atoms with Gasteiger partial charge in [-0.15, -0.1) is 5.10 Å². The number of carbonyl (C=O) groups is 2. The van der Waals surface area contributed by atoms with Crippen molar-refractivity contribution in [2.75, 3.05) is 0 Å². The standard InChI is InChI=1S/C12H10BrN3O3S/c13-8-3-1-2-7(4-8)6-14-16-12-15-11(19)9(20-12)5-10(17)18/h1-4,6,9H,5H2,(H,17,18)(H,15,16,19)/p-1/b14-6-/t9-/m0/s1. The average molecular weight is 355 g/mol. The Hall–Kier alpha value is -1.67. The number of aliphatic carboxylic acids is 1. The van der Waals surface area contributed by atoms with Gasteiger partial charge in [0.15, 0.2) is 5.17 Å². The van der Waals surface area contributed by atoms with E-state index in [9.17, 15) is 14.7 Å². The molecule has 1 amide bonds. The fourth-order valence-corrected chi connectivity index (χ4v) is 2.80. The van der Waals surface area contributed by atoms with Crippen LogP contribution in [-0.2, 0) is 9.59 Å². The number of nitrogens with one attached hydrogen (secondary N) is 1. The van der Waals surface area contributed by atoms with Crippen LogP contribution in [0.1, 0.15) is 12.0 Å². The van der Waals surface area contributed by atoms with Gasteiger partial charge in [-0.1, -0.05) is 39.8 Å². The van der Waals surface area contributed by atoms with Gasteiger partial charge in [-0.3, -0.25) is 4.79 Å². The minimum absolute atomic E-state index is 0.285. The van der Waals surface area contributed by atoms with Crippen LogP contribution in [0, 0.1) is 0 Å². The van der Waals surface area contributed by atoms with Crippen LogP contribution < -0.4 is 10.4 Å². The molecule has 1 saturated heterocycles. The first kappa shape index (κ1) is 14.7. The zero-order chi connectivity index (χ0) is 14.5. The maximum absolute atomic E-state index is 11.4. The maximum Gasteiger partial charge on any atom is 0.239 e. The lowest BCUT2D eigenvalue weighted by atomic mass is 10.2. The smallest absolute Gasteiger partial charge is 0.239 e. The highest BCUT2D eigenvalue weighted by Crippen LogP contribution is 2.21. The Morgan fingerprint density at radius 2 is 2.35 bits per heavy atom. The van der Waals surface area contributed by atoms with Crippen molar-refractivity contribution in [1.82, 2.24) is 5.32 Å². The van der Waals surface area contributed by atoms with Crippen molar-refractivity contribution in [1.29, 1.82) is 0 Å². The summed E-state index contributed by atoms with van der Waals surface area (Å²) in [4.78, 5) is 21.9. The maximum atomic E-state index is 11.4. The first-order valence-electron chi connectivity index (χ1n) is 5.58. The molecule has 0 spiro atoms. The monoisotopic (exact) mass is 354 g/mol. The summed E-state index contributed by atoms with van der Waals surface area (Å²) in [6, 6.07) is 7.47. The summed E-state index contributed by atoms with van der Waals surface area (Å²) < 4.78 is 0.923. The van der Waals surface area contributed by atoms with Crippen molar-refractivity contribution in [3.05, 3.63) is 34.3 Å². The van der Waals surface area contributed by atoms with Crippen LogP contribution >= 0.6 is 27.7 Å². The molecular weight excluding hydrogens is 346 g/mol. The second-order valence-corrected chi connectivity index (χ2v) is 5.98. The van der Waals surface area contributed by atoms with Crippen molar-refractivity contribution in [2.24, 2.45) is 10.2 Å². The summed E-state index contributed by atoms with van der Waals surface area (Å²) in [5, 5.41) is 20.2. The minimum atomic E-state index is -1.27. The predicted octanol–water partition coefficient (Wildman–Crippen LogP) is 0.511. The molecule has 0 bridgehead atoms. The summed E-state index contributed by atoms with van der Waals surface area (Å²) in [5.41, 5.74) is 0.851. The number of carbonyl (C=O) groups excluding carboxylic acids is 2. The molecule has 0 aliphatic carbocycles. The Morgan fingerprint density at radius 3 is 3.05 bits per heavy atom. The fourth-order valence-electron chi connectivity index (χ4n) is 1.47. The number of nitrogens with zero attached hydrogens (tertiary/aromatic N) is 2. The molecule has 8 heteroatoms. The molecule has 1 aromatic carbocycles. The van der Waals surface area contributed by atoms with E-state index in [-0.39, 0.29) is 11.6 Å². The second kappa shape index (κ2) is 6.67. The molecule has 1 aromatic rings. The van der Waals surface area contributed by atoms with E-state index >= 15 is 0 Å². The lowest BCUT2D eigenvalue weighted by Crippen LogP contribution is -2.31. The van der Waals surface area contributed by atoms with Gasteiger partial charge in [0, 0.05) is 16.9 Å². The molecular formula is C12H9BrN3O3S-. The van der Waals surface area contributed by atoms with Crippen molar-refractivity contribution in [2.45, 2.75) is 11.7 Å². The lowest BCUT2D eigenvalue weighted by Gasteiger charge is -2.04. The number of hydrogen-bond donors (Lipinski definition) is 1.